The zero-order valence-corrected chi connectivity index (χ0v) is 23.5. The van der Waals surface area contributed by atoms with Crippen LogP contribution in [0, 0.1) is 11.7 Å². The van der Waals surface area contributed by atoms with E-state index in [0.717, 1.165) is 6.07 Å². The molecule has 0 saturated carbocycles. The average Bonchev–Trinajstić information content (AvgIpc) is 2.94. The smallest absolute Gasteiger partial charge is 0.278 e. The standard InChI is InChI=1S/C28H31F2N7O3S/c1-17(2)37-26-24(15-32-28(35-26)33-21-10-19(12-29)13-31-14-21)34-25(27(37)38)20-8-9-23(22(30)11-20)36-41(39,40)16-18-6-4-3-5-7-18/h3-9,11,15,17,19,21,31,36H,10,12-14,16H2,1-2H3,(H,32,33,35)/t19-,21-/m0/s1. The van der Waals surface area contributed by atoms with Crippen LogP contribution in [0.4, 0.5) is 20.4 Å². The van der Waals surface area contributed by atoms with Gasteiger partial charge >= 0.3 is 0 Å². The van der Waals surface area contributed by atoms with Crippen molar-refractivity contribution in [1.29, 1.82) is 0 Å². The Kier molecular flexibility index (Phi) is 8.27. The molecule has 0 radical (unpaired) electrons. The number of benzene rings is 2. The topological polar surface area (TPSA) is 131 Å². The fourth-order valence-corrected chi connectivity index (χ4v) is 6.13. The van der Waals surface area contributed by atoms with E-state index in [2.05, 4.69) is 30.3 Å². The number of alkyl halides is 1. The van der Waals surface area contributed by atoms with Gasteiger partial charge in [-0.1, -0.05) is 36.4 Å². The van der Waals surface area contributed by atoms with Crippen LogP contribution < -0.4 is 20.9 Å². The lowest BCUT2D eigenvalue weighted by molar-refractivity contribution is 0.282. The number of nitrogens with zero attached hydrogens (tertiary/aromatic N) is 4. The lowest BCUT2D eigenvalue weighted by Crippen LogP contribution is -2.44. The Balaban J connectivity index is 1.44. The minimum absolute atomic E-state index is 0.0182. The summed E-state index contributed by atoms with van der Waals surface area (Å²) in [6.45, 7) is 4.48. The number of piperidine rings is 1. The molecule has 216 valence electrons. The highest BCUT2D eigenvalue weighted by atomic mass is 32.2. The van der Waals surface area contributed by atoms with Crippen molar-refractivity contribution in [2.45, 2.75) is 38.1 Å². The number of aromatic nitrogens is 4. The first-order valence-electron chi connectivity index (χ1n) is 13.3. The summed E-state index contributed by atoms with van der Waals surface area (Å²) >= 11 is 0. The highest BCUT2D eigenvalue weighted by Crippen LogP contribution is 2.25. The van der Waals surface area contributed by atoms with Crippen LogP contribution in [0.3, 0.4) is 0 Å². The molecule has 1 aliphatic rings. The largest absolute Gasteiger partial charge is 0.350 e. The van der Waals surface area contributed by atoms with E-state index in [9.17, 15) is 17.6 Å². The monoisotopic (exact) mass is 583 g/mol. The fraction of sp³-hybridized carbons (Fsp3) is 0.357. The number of anilines is 2. The lowest BCUT2D eigenvalue weighted by Gasteiger charge is -2.29. The van der Waals surface area contributed by atoms with Crippen molar-refractivity contribution in [2.75, 3.05) is 29.8 Å². The van der Waals surface area contributed by atoms with Crippen molar-refractivity contribution in [1.82, 2.24) is 24.8 Å². The number of halogens is 2. The Bertz CT molecular complexity index is 1720. The molecule has 2 aromatic heterocycles. The normalized spacial score (nSPS) is 17.6. The van der Waals surface area contributed by atoms with Gasteiger partial charge in [-0.3, -0.25) is 18.5 Å². The van der Waals surface area contributed by atoms with Crippen molar-refractivity contribution >= 4 is 32.8 Å². The van der Waals surface area contributed by atoms with Crippen LogP contribution in [-0.2, 0) is 15.8 Å². The summed E-state index contributed by atoms with van der Waals surface area (Å²) in [5.74, 6) is -0.957. The van der Waals surface area contributed by atoms with Gasteiger partial charge in [0, 0.05) is 36.7 Å². The van der Waals surface area contributed by atoms with Crippen molar-refractivity contribution in [3.05, 3.63) is 76.5 Å². The van der Waals surface area contributed by atoms with Crippen LogP contribution >= 0.6 is 0 Å². The molecule has 0 spiro atoms. The molecule has 3 heterocycles. The second-order valence-corrected chi connectivity index (χ2v) is 12.2. The Hall–Kier alpha value is -3.97. The Morgan fingerprint density at radius 3 is 2.61 bits per heavy atom. The SMILES string of the molecule is CC(C)n1c(=O)c(-c2ccc(NS(=O)(=O)Cc3ccccc3)c(F)c2)nc2cnc(N[C@@H]3CNC[C@H](CF)C3)nc21. The van der Waals surface area contributed by atoms with Crippen molar-refractivity contribution < 1.29 is 17.2 Å². The molecule has 10 nitrogen and oxygen atoms in total. The quantitative estimate of drug-likeness (QED) is 0.271. The van der Waals surface area contributed by atoms with Gasteiger partial charge in [0.25, 0.3) is 5.56 Å². The molecular weight excluding hydrogens is 552 g/mol. The molecule has 4 aromatic rings. The maximum absolute atomic E-state index is 15.1. The van der Waals surface area contributed by atoms with E-state index in [1.165, 1.54) is 22.9 Å². The van der Waals surface area contributed by atoms with Gasteiger partial charge in [0.15, 0.2) is 5.65 Å². The highest BCUT2D eigenvalue weighted by molar-refractivity contribution is 7.91. The molecule has 0 bridgehead atoms. The lowest BCUT2D eigenvalue weighted by atomic mass is 9.97. The minimum Gasteiger partial charge on any atom is -0.350 e. The summed E-state index contributed by atoms with van der Waals surface area (Å²) in [5, 5.41) is 6.41. The zero-order valence-electron chi connectivity index (χ0n) is 22.6. The molecule has 3 N–H and O–H groups in total. The third-order valence-electron chi connectivity index (χ3n) is 6.85. The number of hydrogen-bond acceptors (Lipinski definition) is 8. The highest BCUT2D eigenvalue weighted by Gasteiger charge is 2.23. The molecule has 41 heavy (non-hydrogen) atoms. The van der Waals surface area contributed by atoms with Crippen LogP contribution in [0.25, 0.3) is 22.4 Å². The van der Waals surface area contributed by atoms with Gasteiger partial charge in [0.2, 0.25) is 16.0 Å². The summed E-state index contributed by atoms with van der Waals surface area (Å²) < 4.78 is 57.2. The Morgan fingerprint density at radius 1 is 1.12 bits per heavy atom. The molecule has 0 unspecified atom stereocenters. The van der Waals surface area contributed by atoms with E-state index < -0.39 is 28.1 Å². The first-order chi connectivity index (χ1) is 19.6. The molecule has 2 aromatic carbocycles. The van der Waals surface area contributed by atoms with Crippen LogP contribution in [0.2, 0.25) is 0 Å². The second kappa shape index (κ2) is 11.9. The summed E-state index contributed by atoms with van der Waals surface area (Å²) in [4.78, 5) is 26.9. The van der Waals surface area contributed by atoms with Gasteiger partial charge in [-0.25, -0.2) is 22.8 Å². The van der Waals surface area contributed by atoms with Crippen LogP contribution in [-0.4, -0.2) is 53.7 Å². The van der Waals surface area contributed by atoms with E-state index in [1.807, 2.05) is 13.8 Å². The van der Waals surface area contributed by atoms with Gasteiger partial charge in [-0.2, -0.15) is 4.98 Å². The summed E-state index contributed by atoms with van der Waals surface area (Å²) in [7, 11) is -3.88. The second-order valence-electron chi connectivity index (χ2n) is 10.4. The van der Waals surface area contributed by atoms with E-state index in [0.29, 0.717) is 42.2 Å². The average molecular weight is 584 g/mol. The maximum atomic E-state index is 15.1. The molecule has 0 amide bonds. The summed E-state index contributed by atoms with van der Waals surface area (Å²) in [5.41, 5.74) is 0.648. The number of sulfonamides is 1. The molecule has 5 rings (SSSR count). The minimum atomic E-state index is -3.88. The maximum Gasteiger partial charge on any atom is 0.278 e. The van der Waals surface area contributed by atoms with Crippen molar-refractivity contribution in [2.24, 2.45) is 5.92 Å². The molecule has 1 aliphatic heterocycles. The van der Waals surface area contributed by atoms with Gasteiger partial charge in [0.05, 0.1) is 24.3 Å². The predicted molar refractivity (Wildman–Crippen MR) is 154 cm³/mol. The first-order valence-corrected chi connectivity index (χ1v) is 15.0. The van der Waals surface area contributed by atoms with Crippen LogP contribution in [0.15, 0.2) is 59.5 Å². The van der Waals surface area contributed by atoms with Crippen LogP contribution in [0.5, 0.6) is 0 Å². The Morgan fingerprint density at radius 2 is 1.90 bits per heavy atom. The van der Waals surface area contributed by atoms with Crippen molar-refractivity contribution in [3.8, 4) is 11.3 Å². The van der Waals surface area contributed by atoms with Gasteiger partial charge in [-0.15, -0.1) is 0 Å². The molecule has 13 heteroatoms. The van der Waals surface area contributed by atoms with E-state index in [1.54, 1.807) is 30.3 Å². The first kappa shape index (κ1) is 28.6. The van der Waals surface area contributed by atoms with Gasteiger partial charge in [-0.05, 0) is 38.0 Å². The number of fused-ring (bicyclic) bond motifs is 1. The number of hydrogen-bond donors (Lipinski definition) is 3. The molecular formula is C28H31F2N7O3S. The zero-order chi connectivity index (χ0) is 29.1. The number of nitrogens with one attached hydrogen (secondary N) is 3. The third-order valence-corrected chi connectivity index (χ3v) is 8.09. The Labute approximate surface area is 236 Å². The van der Waals surface area contributed by atoms with E-state index in [4.69, 9.17) is 0 Å². The van der Waals surface area contributed by atoms with E-state index in [-0.39, 0.29) is 40.7 Å². The summed E-state index contributed by atoms with van der Waals surface area (Å²) in [6, 6.07) is 12.0. The molecule has 0 aliphatic carbocycles. The third kappa shape index (κ3) is 6.51. The summed E-state index contributed by atoms with van der Waals surface area (Å²) in [6.07, 6.45) is 2.11. The van der Waals surface area contributed by atoms with Gasteiger partial charge in [0.1, 0.15) is 17.0 Å². The molecule has 2 atom stereocenters. The molecule has 1 fully saturated rings. The van der Waals surface area contributed by atoms with Crippen molar-refractivity contribution in [3.63, 3.8) is 0 Å². The predicted octanol–water partition coefficient (Wildman–Crippen LogP) is 3.87. The van der Waals surface area contributed by atoms with E-state index >= 15 is 4.39 Å². The number of rotatable bonds is 9. The van der Waals surface area contributed by atoms with Gasteiger partial charge < -0.3 is 10.6 Å². The van der Waals surface area contributed by atoms with Crippen LogP contribution in [0.1, 0.15) is 31.9 Å². The fourth-order valence-electron chi connectivity index (χ4n) is 4.92. The molecule has 1 saturated heterocycles.